The number of sulfonamides is 1. The maximum atomic E-state index is 12.9. The maximum absolute atomic E-state index is 12.9. The molecular weight excluding hydrogens is 310 g/mol. The first-order valence-corrected chi connectivity index (χ1v) is 9.49. The SMILES string of the molecule is CCC1CCN(S(=O)(=O)c2c(C)nn(CCCl)c2C)CC1. The van der Waals surface area contributed by atoms with E-state index >= 15 is 0 Å². The summed E-state index contributed by atoms with van der Waals surface area (Å²) in [6.07, 6.45) is 3.02. The van der Waals surface area contributed by atoms with Gasteiger partial charge in [0.25, 0.3) is 0 Å². The standard InChI is InChI=1S/C14H24ClN3O2S/c1-4-13-5-8-17(9-6-13)21(19,20)14-11(2)16-18(10-7-15)12(14)3/h13H,4-10H2,1-3H3. The largest absolute Gasteiger partial charge is 0.267 e. The Morgan fingerprint density at radius 2 is 1.90 bits per heavy atom. The highest BCUT2D eigenvalue weighted by Crippen LogP contribution is 2.28. The summed E-state index contributed by atoms with van der Waals surface area (Å²) < 4.78 is 29.1. The quantitative estimate of drug-likeness (QED) is 0.778. The normalized spacial score (nSPS) is 18.3. The fourth-order valence-electron chi connectivity index (χ4n) is 3.04. The van der Waals surface area contributed by atoms with Crippen LogP contribution in [0, 0.1) is 19.8 Å². The first-order chi connectivity index (χ1) is 9.91. The van der Waals surface area contributed by atoms with Gasteiger partial charge in [-0.3, -0.25) is 4.68 Å². The average Bonchev–Trinajstić information content (AvgIpc) is 2.74. The monoisotopic (exact) mass is 333 g/mol. The molecule has 5 nitrogen and oxygen atoms in total. The minimum Gasteiger partial charge on any atom is -0.267 e. The highest BCUT2D eigenvalue weighted by Gasteiger charge is 2.33. The molecule has 0 atom stereocenters. The van der Waals surface area contributed by atoms with E-state index in [-0.39, 0.29) is 0 Å². The van der Waals surface area contributed by atoms with Crippen molar-refractivity contribution in [2.24, 2.45) is 5.92 Å². The summed E-state index contributed by atoms with van der Waals surface area (Å²) in [5, 5.41) is 4.32. The Balaban J connectivity index is 2.28. The van der Waals surface area contributed by atoms with E-state index in [9.17, 15) is 8.42 Å². The molecule has 1 saturated heterocycles. The number of alkyl halides is 1. The van der Waals surface area contributed by atoms with E-state index in [0.717, 1.165) is 19.3 Å². The zero-order valence-electron chi connectivity index (χ0n) is 13.0. The van der Waals surface area contributed by atoms with Gasteiger partial charge in [0.2, 0.25) is 10.0 Å². The summed E-state index contributed by atoms with van der Waals surface area (Å²) in [4.78, 5) is 0.363. The third-order valence-electron chi connectivity index (χ3n) is 4.36. The van der Waals surface area contributed by atoms with Crippen LogP contribution in [0.2, 0.25) is 0 Å². The molecule has 0 amide bonds. The molecule has 21 heavy (non-hydrogen) atoms. The molecule has 0 unspecified atom stereocenters. The van der Waals surface area contributed by atoms with Crippen LogP contribution in [-0.4, -0.2) is 41.5 Å². The molecule has 0 bridgehead atoms. The smallest absolute Gasteiger partial charge is 0.246 e. The number of hydrogen-bond acceptors (Lipinski definition) is 3. The van der Waals surface area contributed by atoms with Crippen molar-refractivity contribution in [1.82, 2.24) is 14.1 Å². The fourth-order valence-corrected chi connectivity index (χ4v) is 5.04. The molecule has 0 radical (unpaired) electrons. The van der Waals surface area contributed by atoms with E-state index in [1.165, 1.54) is 0 Å². The predicted octanol–water partition coefficient (Wildman–Crippen LogP) is 2.55. The lowest BCUT2D eigenvalue weighted by Gasteiger charge is -2.30. The molecule has 1 aromatic rings. The molecule has 2 heterocycles. The minimum atomic E-state index is -3.45. The Hall–Kier alpha value is -0.590. The highest BCUT2D eigenvalue weighted by molar-refractivity contribution is 7.89. The van der Waals surface area contributed by atoms with Crippen LogP contribution in [0.5, 0.6) is 0 Å². The molecule has 1 aliphatic rings. The third-order valence-corrected chi connectivity index (χ3v) is 6.68. The molecule has 1 fully saturated rings. The van der Waals surface area contributed by atoms with Crippen LogP contribution in [0.1, 0.15) is 37.6 Å². The lowest BCUT2D eigenvalue weighted by molar-refractivity contribution is 0.269. The second kappa shape index (κ2) is 6.67. The van der Waals surface area contributed by atoms with Gasteiger partial charge in [0.15, 0.2) is 0 Å². The number of aromatic nitrogens is 2. The summed E-state index contributed by atoms with van der Waals surface area (Å²) in [6.45, 7) is 7.48. The van der Waals surface area contributed by atoms with Crippen LogP contribution >= 0.6 is 11.6 Å². The van der Waals surface area contributed by atoms with Crippen molar-refractivity contribution in [3.05, 3.63) is 11.4 Å². The first kappa shape index (κ1) is 16.8. The topological polar surface area (TPSA) is 55.2 Å². The Kier molecular flexibility index (Phi) is 5.33. The average molecular weight is 334 g/mol. The van der Waals surface area contributed by atoms with Crippen LogP contribution < -0.4 is 0 Å². The van der Waals surface area contributed by atoms with E-state index in [1.54, 1.807) is 22.8 Å². The molecule has 7 heteroatoms. The minimum absolute atomic E-state index is 0.363. The molecule has 1 aromatic heterocycles. The van der Waals surface area contributed by atoms with Crippen molar-refractivity contribution in [1.29, 1.82) is 0 Å². The van der Waals surface area contributed by atoms with Crippen molar-refractivity contribution < 1.29 is 8.42 Å². The van der Waals surface area contributed by atoms with Gasteiger partial charge in [0.1, 0.15) is 4.90 Å². The molecular formula is C14H24ClN3O2S. The van der Waals surface area contributed by atoms with Gasteiger partial charge in [-0.2, -0.15) is 9.40 Å². The van der Waals surface area contributed by atoms with Gasteiger partial charge in [0, 0.05) is 19.0 Å². The van der Waals surface area contributed by atoms with E-state index in [1.807, 2.05) is 0 Å². The van der Waals surface area contributed by atoms with Gasteiger partial charge in [-0.25, -0.2) is 8.42 Å². The van der Waals surface area contributed by atoms with Crippen LogP contribution in [-0.2, 0) is 16.6 Å². The van der Waals surface area contributed by atoms with Gasteiger partial charge < -0.3 is 0 Å². The number of aryl methyl sites for hydroxylation is 2. The molecule has 1 aliphatic heterocycles. The van der Waals surface area contributed by atoms with E-state index in [4.69, 9.17) is 11.6 Å². The Bertz CT molecular complexity index is 590. The van der Waals surface area contributed by atoms with Gasteiger partial charge in [-0.05, 0) is 32.6 Å². The second-order valence-electron chi connectivity index (χ2n) is 5.67. The Morgan fingerprint density at radius 1 is 1.29 bits per heavy atom. The molecule has 0 spiro atoms. The summed E-state index contributed by atoms with van der Waals surface area (Å²) in [6, 6.07) is 0. The van der Waals surface area contributed by atoms with Crippen molar-refractivity contribution in [3.8, 4) is 0 Å². The molecule has 120 valence electrons. The van der Waals surface area contributed by atoms with Crippen LogP contribution in [0.4, 0.5) is 0 Å². The van der Waals surface area contributed by atoms with Gasteiger partial charge in [-0.1, -0.05) is 13.3 Å². The van der Waals surface area contributed by atoms with Crippen molar-refractivity contribution in [2.45, 2.75) is 51.5 Å². The Labute approximate surface area is 132 Å². The summed E-state index contributed by atoms with van der Waals surface area (Å²) >= 11 is 5.74. The van der Waals surface area contributed by atoms with Crippen LogP contribution in [0.15, 0.2) is 4.90 Å². The molecule has 0 aliphatic carbocycles. The summed E-state index contributed by atoms with van der Waals surface area (Å²) in [7, 11) is -3.45. The van der Waals surface area contributed by atoms with E-state index in [0.29, 0.717) is 47.7 Å². The summed E-state index contributed by atoms with van der Waals surface area (Å²) in [5.41, 5.74) is 1.25. The van der Waals surface area contributed by atoms with Crippen molar-refractivity contribution >= 4 is 21.6 Å². The lowest BCUT2D eigenvalue weighted by atomic mass is 9.96. The van der Waals surface area contributed by atoms with Crippen molar-refractivity contribution in [3.63, 3.8) is 0 Å². The first-order valence-electron chi connectivity index (χ1n) is 7.52. The van der Waals surface area contributed by atoms with Crippen LogP contribution in [0.3, 0.4) is 0 Å². The van der Waals surface area contributed by atoms with Gasteiger partial charge in [0.05, 0.1) is 17.9 Å². The highest BCUT2D eigenvalue weighted by atomic mass is 35.5. The zero-order chi connectivity index (χ0) is 15.6. The number of piperidine rings is 1. The second-order valence-corrected chi connectivity index (χ2v) is 7.92. The lowest BCUT2D eigenvalue weighted by Crippen LogP contribution is -2.38. The van der Waals surface area contributed by atoms with Crippen molar-refractivity contribution in [2.75, 3.05) is 19.0 Å². The van der Waals surface area contributed by atoms with Crippen LogP contribution in [0.25, 0.3) is 0 Å². The molecule has 0 aromatic carbocycles. The van der Waals surface area contributed by atoms with E-state index in [2.05, 4.69) is 12.0 Å². The maximum Gasteiger partial charge on any atom is 0.246 e. The zero-order valence-corrected chi connectivity index (χ0v) is 14.5. The third kappa shape index (κ3) is 3.27. The Morgan fingerprint density at radius 3 is 2.43 bits per heavy atom. The fraction of sp³-hybridized carbons (Fsp3) is 0.786. The number of nitrogens with zero attached hydrogens (tertiary/aromatic N) is 3. The molecule has 2 rings (SSSR count). The predicted molar refractivity (Wildman–Crippen MR) is 84.2 cm³/mol. The molecule has 0 N–H and O–H groups in total. The number of rotatable bonds is 5. The molecule has 0 saturated carbocycles. The van der Waals surface area contributed by atoms with E-state index < -0.39 is 10.0 Å². The summed E-state index contributed by atoms with van der Waals surface area (Å²) in [5.74, 6) is 1.07. The number of hydrogen-bond donors (Lipinski definition) is 0. The van der Waals surface area contributed by atoms with Gasteiger partial charge in [-0.15, -0.1) is 11.6 Å². The van der Waals surface area contributed by atoms with Gasteiger partial charge >= 0.3 is 0 Å². The number of halogens is 1.